The highest BCUT2D eigenvalue weighted by Gasteiger charge is 2.11. The number of hydrogen-bond donors (Lipinski definition) is 1. The summed E-state index contributed by atoms with van der Waals surface area (Å²) in [4.78, 5) is 23.7. The van der Waals surface area contributed by atoms with Gasteiger partial charge < -0.3 is 5.32 Å². The molecule has 0 aliphatic rings. The normalized spacial score (nSPS) is 10.4. The Morgan fingerprint density at radius 1 is 1.38 bits per heavy atom. The molecule has 7 heteroatoms. The molecule has 0 aliphatic carbocycles. The molecule has 1 aromatic heterocycles. The van der Waals surface area contributed by atoms with E-state index in [1.165, 1.54) is 6.20 Å². The number of carbonyl (C=O) groups is 1. The zero-order valence-corrected chi connectivity index (χ0v) is 12.8. The fourth-order valence-corrected chi connectivity index (χ4v) is 2.03. The third-order valence-electron chi connectivity index (χ3n) is 2.85. The minimum absolute atomic E-state index is 0.0639. The third-order valence-corrected chi connectivity index (χ3v) is 3.60. The first-order valence-electron chi connectivity index (χ1n) is 6.31. The van der Waals surface area contributed by atoms with Crippen molar-refractivity contribution in [3.05, 3.63) is 56.4 Å². The molecule has 21 heavy (non-hydrogen) atoms. The molecule has 110 valence electrons. The summed E-state index contributed by atoms with van der Waals surface area (Å²) < 4.78 is 0.965. The first-order valence-corrected chi connectivity index (χ1v) is 7.06. The first kappa shape index (κ1) is 15.5. The van der Waals surface area contributed by atoms with Gasteiger partial charge in [0.15, 0.2) is 0 Å². The average molecular weight is 326 g/mol. The fourth-order valence-electron chi connectivity index (χ4n) is 1.76. The van der Waals surface area contributed by atoms with E-state index in [1.807, 2.05) is 25.1 Å². The molecule has 2 rings (SSSR count). The Kier molecular flexibility index (Phi) is 4.98. The number of halogens is 2. The third kappa shape index (κ3) is 3.83. The van der Waals surface area contributed by atoms with Gasteiger partial charge in [0.25, 0.3) is 5.56 Å². The Morgan fingerprint density at radius 3 is 2.86 bits per heavy atom. The summed E-state index contributed by atoms with van der Waals surface area (Å²) >= 11 is 11.4. The Balaban J connectivity index is 2.12. The van der Waals surface area contributed by atoms with Crippen LogP contribution in [0.15, 0.2) is 35.3 Å². The molecule has 0 aliphatic heterocycles. The van der Waals surface area contributed by atoms with Gasteiger partial charge in [0, 0.05) is 5.69 Å². The van der Waals surface area contributed by atoms with Crippen LogP contribution in [0, 0.1) is 0 Å². The lowest BCUT2D eigenvalue weighted by Crippen LogP contribution is -2.29. The van der Waals surface area contributed by atoms with Crippen LogP contribution in [0.4, 0.5) is 5.69 Å². The molecule has 0 unspecified atom stereocenters. The van der Waals surface area contributed by atoms with Gasteiger partial charge in [-0.05, 0) is 24.1 Å². The van der Waals surface area contributed by atoms with Crippen molar-refractivity contribution in [2.24, 2.45) is 0 Å². The van der Waals surface area contributed by atoms with Gasteiger partial charge in [-0.2, -0.15) is 5.10 Å². The van der Waals surface area contributed by atoms with Gasteiger partial charge in [-0.3, -0.25) is 9.59 Å². The molecular weight excluding hydrogens is 313 g/mol. The predicted molar refractivity (Wildman–Crippen MR) is 83.0 cm³/mol. The minimum Gasteiger partial charge on any atom is -0.324 e. The number of nitrogens with one attached hydrogen (secondary N) is 1. The number of hydrogen-bond acceptors (Lipinski definition) is 3. The Hall–Kier alpha value is -1.85. The van der Waals surface area contributed by atoms with E-state index in [-0.39, 0.29) is 22.5 Å². The standard InChI is InChI=1S/C14H13Cl2N3O2/c1-2-9-4-3-5-10(6-9)18-12(20)8-19-14(21)13(16)11(15)7-17-19/h3-7H,2,8H2,1H3,(H,18,20). The van der Waals surface area contributed by atoms with Gasteiger partial charge in [0.05, 0.1) is 11.2 Å². The second kappa shape index (κ2) is 6.74. The number of nitrogens with zero attached hydrogens (tertiary/aromatic N) is 2. The molecule has 1 aromatic carbocycles. The van der Waals surface area contributed by atoms with E-state index < -0.39 is 5.56 Å². The molecule has 0 spiro atoms. The van der Waals surface area contributed by atoms with Crippen LogP contribution in [0.1, 0.15) is 12.5 Å². The molecule has 5 nitrogen and oxygen atoms in total. The van der Waals surface area contributed by atoms with E-state index in [0.29, 0.717) is 5.69 Å². The number of aromatic nitrogens is 2. The van der Waals surface area contributed by atoms with Gasteiger partial charge in [0.1, 0.15) is 11.6 Å². The van der Waals surface area contributed by atoms with Crippen LogP contribution in [-0.2, 0) is 17.8 Å². The average Bonchev–Trinajstić information content (AvgIpc) is 2.48. The number of amides is 1. The summed E-state index contributed by atoms with van der Waals surface area (Å²) in [5.74, 6) is -0.365. The maximum Gasteiger partial charge on any atom is 0.287 e. The van der Waals surface area contributed by atoms with Gasteiger partial charge in [0.2, 0.25) is 5.91 Å². The van der Waals surface area contributed by atoms with Crippen LogP contribution in [0.25, 0.3) is 0 Å². The molecule has 0 saturated carbocycles. The maximum atomic E-state index is 11.9. The van der Waals surface area contributed by atoms with E-state index in [1.54, 1.807) is 6.07 Å². The fraction of sp³-hybridized carbons (Fsp3) is 0.214. The summed E-state index contributed by atoms with van der Waals surface area (Å²) in [6.45, 7) is 1.80. The molecule has 0 radical (unpaired) electrons. The van der Waals surface area contributed by atoms with Crippen molar-refractivity contribution in [3.63, 3.8) is 0 Å². The van der Waals surface area contributed by atoms with Crippen LogP contribution in [-0.4, -0.2) is 15.7 Å². The molecule has 1 N–H and O–H groups in total. The summed E-state index contributed by atoms with van der Waals surface area (Å²) in [7, 11) is 0. The van der Waals surface area contributed by atoms with E-state index in [4.69, 9.17) is 23.2 Å². The molecule has 1 amide bonds. The van der Waals surface area contributed by atoms with Crippen molar-refractivity contribution >= 4 is 34.8 Å². The van der Waals surface area contributed by atoms with Crippen molar-refractivity contribution in [1.82, 2.24) is 9.78 Å². The van der Waals surface area contributed by atoms with Crippen LogP contribution < -0.4 is 10.9 Å². The second-order valence-electron chi connectivity index (χ2n) is 4.37. The Morgan fingerprint density at radius 2 is 2.14 bits per heavy atom. The van der Waals surface area contributed by atoms with E-state index >= 15 is 0 Å². The number of rotatable bonds is 4. The van der Waals surface area contributed by atoms with Crippen LogP contribution in [0.5, 0.6) is 0 Å². The lowest BCUT2D eigenvalue weighted by Gasteiger charge is -2.08. The van der Waals surface area contributed by atoms with Crippen molar-refractivity contribution in [2.75, 3.05) is 5.32 Å². The highest BCUT2D eigenvalue weighted by molar-refractivity contribution is 6.41. The predicted octanol–water partition coefficient (Wildman–Crippen LogP) is 2.75. The number of anilines is 1. The van der Waals surface area contributed by atoms with Crippen molar-refractivity contribution < 1.29 is 4.79 Å². The lowest BCUT2D eigenvalue weighted by atomic mass is 10.1. The molecule has 0 atom stereocenters. The zero-order valence-electron chi connectivity index (χ0n) is 11.3. The van der Waals surface area contributed by atoms with Gasteiger partial charge >= 0.3 is 0 Å². The highest BCUT2D eigenvalue weighted by Crippen LogP contribution is 2.14. The van der Waals surface area contributed by atoms with Gasteiger partial charge in [-0.1, -0.05) is 42.3 Å². The first-order chi connectivity index (χ1) is 10.0. The Bertz CT molecular complexity index is 728. The summed E-state index contributed by atoms with van der Waals surface area (Å²) in [5, 5.41) is 6.41. The van der Waals surface area contributed by atoms with E-state index in [9.17, 15) is 9.59 Å². The van der Waals surface area contributed by atoms with Crippen LogP contribution >= 0.6 is 23.2 Å². The monoisotopic (exact) mass is 325 g/mol. The zero-order chi connectivity index (χ0) is 15.4. The summed E-state index contributed by atoms with van der Waals surface area (Å²) in [6.07, 6.45) is 2.10. The van der Waals surface area contributed by atoms with Crippen molar-refractivity contribution in [2.45, 2.75) is 19.9 Å². The van der Waals surface area contributed by atoms with Crippen molar-refractivity contribution in [3.8, 4) is 0 Å². The van der Waals surface area contributed by atoms with E-state index in [2.05, 4.69) is 10.4 Å². The molecule has 0 bridgehead atoms. The van der Waals surface area contributed by atoms with Crippen LogP contribution in [0.2, 0.25) is 10.0 Å². The topological polar surface area (TPSA) is 64.0 Å². The molecule has 0 fully saturated rings. The lowest BCUT2D eigenvalue weighted by molar-refractivity contribution is -0.117. The number of aryl methyl sites for hydroxylation is 1. The quantitative estimate of drug-likeness (QED) is 0.940. The Labute approximate surface area is 131 Å². The molecular formula is C14H13Cl2N3O2. The highest BCUT2D eigenvalue weighted by atomic mass is 35.5. The summed E-state index contributed by atoms with van der Waals surface area (Å²) in [5.41, 5.74) is 1.19. The summed E-state index contributed by atoms with van der Waals surface area (Å²) in [6, 6.07) is 7.49. The second-order valence-corrected chi connectivity index (χ2v) is 5.16. The smallest absolute Gasteiger partial charge is 0.287 e. The number of benzene rings is 1. The van der Waals surface area contributed by atoms with E-state index in [0.717, 1.165) is 16.7 Å². The van der Waals surface area contributed by atoms with Gasteiger partial charge in [-0.25, -0.2) is 4.68 Å². The number of carbonyl (C=O) groups excluding carboxylic acids is 1. The SMILES string of the molecule is CCc1cccc(NC(=O)Cn2ncc(Cl)c(Cl)c2=O)c1. The maximum absolute atomic E-state index is 11.9. The van der Waals surface area contributed by atoms with Gasteiger partial charge in [-0.15, -0.1) is 0 Å². The van der Waals surface area contributed by atoms with Crippen molar-refractivity contribution in [1.29, 1.82) is 0 Å². The van der Waals surface area contributed by atoms with Crippen LogP contribution in [0.3, 0.4) is 0 Å². The largest absolute Gasteiger partial charge is 0.324 e. The molecule has 0 saturated heterocycles. The minimum atomic E-state index is -0.596. The molecule has 2 aromatic rings. The molecule has 1 heterocycles.